The van der Waals surface area contributed by atoms with E-state index in [2.05, 4.69) is 139 Å². The lowest BCUT2D eigenvalue weighted by atomic mass is 9.74. The maximum absolute atomic E-state index is 14.2. The van der Waals surface area contributed by atoms with Crippen molar-refractivity contribution in [1.29, 1.82) is 0 Å². The Bertz CT molecular complexity index is 2630. The number of aromatic nitrogens is 1. The molecular weight excluding hydrogens is 792 g/mol. The van der Waals surface area contributed by atoms with E-state index in [0.29, 0.717) is 11.3 Å². The van der Waals surface area contributed by atoms with Gasteiger partial charge in [0.25, 0.3) is 0 Å². The molecule has 0 amide bonds. The molecule has 6 aromatic carbocycles. The van der Waals surface area contributed by atoms with Crippen LogP contribution in [0.25, 0.3) is 66.8 Å². The summed E-state index contributed by atoms with van der Waals surface area (Å²) in [5.41, 5.74) is 12.3. The van der Waals surface area contributed by atoms with Crippen LogP contribution in [-0.4, -0.2) is 20.4 Å². The lowest BCUT2D eigenvalue weighted by molar-refractivity contribution is -0.137. The van der Waals surface area contributed by atoms with Crippen LogP contribution in [0.15, 0.2) is 152 Å². The number of hydrogen-bond acceptors (Lipinski definition) is 3. The molecule has 62 heavy (non-hydrogen) atoms. The van der Waals surface area contributed by atoms with E-state index in [1.54, 1.807) is 31.6 Å². The number of benzene rings is 6. The molecule has 0 aliphatic heterocycles. The third-order valence-corrected chi connectivity index (χ3v) is 17.0. The van der Waals surface area contributed by atoms with Crippen LogP contribution in [0.4, 0.5) is 13.2 Å². The summed E-state index contributed by atoms with van der Waals surface area (Å²) in [7, 11) is -0.438. The Balaban J connectivity index is 1.68. The third-order valence-electron chi connectivity index (χ3n) is 12.4. The summed E-state index contributed by atoms with van der Waals surface area (Å²) in [6.45, 7) is 20.0. The Kier molecular flexibility index (Phi) is 12.3. The zero-order valence-electron chi connectivity index (χ0n) is 37.4. The molecule has 0 saturated carbocycles. The average molecular weight is 848 g/mol. The van der Waals surface area contributed by atoms with Crippen LogP contribution in [0.5, 0.6) is 5.75 Å². The second kappa shape index (κ2) is 17.2. The largest absolute Gasteiger partial charge is 0.497 e. The van der Waals surface area contributed by atoms with Crippen LogP contribution in [0.3, 0.4) is 0 Å². The maximum atomic E-state index is 14.2. The van der Waals surface area contributed by atoms with Crippen molar-refractivity contribution in [2.75, 3.05) is 7.11 Å². The number of hydrogen-bond donors (Lipinski definition) is 0. The summed E-state index contributed by atoms with van der Waals surface area (Å²) in [5, 5.41) is 0.0468. The van der Waals surface area contributed by atoms with Gasteiger partial charge in [0, 0.05) is 12.4 Å². The number of methoxy groups -OCH3 is 1. The number of pyridine rings is 1. The quantitative estimate of drug-likeness (QED) is 0.129. The Morgan fingerprint density at radius 1 is 0.484 bits per heavy atom. The van der Waals surface area contributed by atoms with Crippen molar-refractivity contribution in [3.63, 3.8) is 0 Å². The van der Waals surface area contributed by atoms with Crippen LogP contribution in [0.2, 0.25) is 18.1 Å². The molecule has 318 valence electrons. The van der Waals surface area contributed by atoms with Gasteiger partial charge in [0.1, 0.15) is 5.75 Å². The molecule has 0 N–H and O–H groups in total. The Morgan fingerprint density at radius 3 is 1.24 bits per heavy atom. The van der Waals surface area contributed by atoms with Crippen molar-refractivity contribution in [2.24, 2.45) is 0 Å². The fraction of sp³-hybridized carbons (Fsp3) is 0.255. The average Bonchev–Trinajstić information content (AvgIpc) is 3.25. The van der Waals surface area contributed by atoms with E-state index < -0.39 is 20.1 Å². The molecule has 7 rings (SSSR count). The van der Waals surface area contributed by atoms with Crippen molar-refractivity contribution in [1.82, 2.24) is 4.98 Å². The first-order valence-electron chi connectivity index (χ1n) is 21.2. The van der Waals surface area contributed by atoms with E-state index in [0.717, 1.165) is 66.8 Å². The first kappa shape index (κ1) is 44.3. The molecule has 0 bridgehead atoms. The van der Waals surface area contributed by atoms with Crippen LogP contribution in [0.1, 0.15) is 71.3 Å². The molecule has 0 radical (unpaired) electrons. The van der Waals surface area contributed by atoms with Gasteiger partial charge >= 0.3 is 6.18 Å². The summed E-state index contributed by atoms with van der Waals surface area (Å²) < 4.78 is 55.1. The van der Waals surface area contributed by atoms with Crippen LogP contribution in [-0.2, 0) is 16.0 Å². The van der Waals surface area contributed by atoms with Gasteiger partial charge in [-0.05, 0) is 145 Å². The SMILES string of the molecule is COc1ccc(-c2c(-c3ccccc3)c(-c3ccc(C(F)(F)F)cc3)c(-c3ccncc3)c(-c3ccc(C(C)O[Si](C)(C)C(C)(C)C)cc3)c2-c2ccc(C(C)(C)C)cc2)cc1. The highest BCUT2D eigenvalue weighted by atomic mass is 28.4. The van der Waals surface area contributed by atoms with E-state index in [1.165, 1.54) is 17.7 Å². The van der Waals surface area contributed by atoms with E-state index in [1.807, 2.05) is 42.5 Å². The van der Waals surface area contributed by atoms with Gasteiger partial charge in [0.05, 0.1) is 18.8 Å². The van der Waals surface area contributed by atoms with E-state index in [9.17, 15) is 13.2 Å². The van der Waals surface area contributed by atoms with Crippen molar-refractivity contribution in [3.05, 3.63) is 169 Å². The monoisotopic (exact) mass is 847 g/mol. The third kappa shape index (κ3) is 9.06. The second-order valence-electron chi connectivity index (χ2n) is 18.6. The summed E-state index contributed by atoms with van der Waals surface area (Å²) in [5.74, 6) is 0.715. The molecule has 1 aromatic heterocycles. The van der Waals surface area contributed by atoms with E-state index >= 15 is 0 Å². The zero-order valence-corrected chi connectivity index (χ0v) is 38.4. The van der Waals surface area contributed by atoms with Gasteiger partial charge in [-0.3, -0.25) is 4.98 Å². The highest BCUT2D eigenvalue weighted by Gasteiger charge is 2.39. The molecule has 1 unspecified atom stereocenters. The summed E-state index contributed by atoms with van der Waals surface area (Å²) in [6.07, 6.45) is -1.08. The number of halogens is 3. The van der Waals surface area contributed by atoms with Gasteiger partial charge in [-0.1, -0.05) is 145 Å². The van der Waals surface area contributed by atoms with Crippen LogP contribution < -0.4 is 4.74 Å². The van der Waals surface area contributed by atoms with Gasteiger partial charge in [0.15, 0.2) is 8.32 Å². The standard InChI is InChI=1S/C55H56F3NO2Si/c1-36(61-62(9,10)54(5,6)7)37-16-18-39(19-17-37)48-50(40-20-26-44(27-21-40)53(2,3)4)51(42-24-30-46(60-8)31-25-42)47(38-14-12-11-13-15-38)49(52(48)43-32-34-59-35-33-43)41-22-28-45(29-23-41)55(56,57)58/h11-36H,1-10H3. The topological polar surface area (TPSA) is 31.4 Å². The summed E-state index contributed by atoms with van der Waals surface area (Å²) in [4.78, 5) is 4.42. The summed E-state index contributed by atoms with van der Waals surface area (Å²) in [6, 6.07) is 45.3. The molecule has 0 aliphatic rings. The lowest BCUT2D eigenvalue weighted by Gasteiger charge is -2.38. The minimum absolute atomic E-state index is 0.0468. The zero-order chi connectivity index (χ0) is 44.6. The van der Waals surface area contributed by atoms with E-state index in [4.69, 9.17) is 9.16 Å². The van der Waals surface area contributed by atoms with Crippen LogP contribution in [0, 0.1) is 0 Å². The normalized spacial score (nSPS) is 12.9. The number of ether oxygens (including phenoxy) is 1. The fourth-order valence-electron chi connectivity index (χ4n) is 7.93. The molecule has 1 heterocycles. The van der Waals surface area contributed by atoms with Crippen molar-refractivity contribution in [3.8, 4) is 72.5 Å². The minimum atomic E-state index is -4.50. The number of alkyl halides is 3. The molecule has 7 heteroatoms. The predicted molar refractivity (Wildman–Crippen MR) is 254 cm³/mol. The molecule has 0 fully saturated rings. The molecule has 0 saturated heterocycles. The highest BCUT2D eigenvalue weighted by Crippen LogP contribution is 2.56. The predicted octanol–water partition coefficient (Wildman–Crippen LogP) is 16.5. The first-order chi connectivity index (χ1) is 29.3. The Labute approximate surface area is 366 Å². The molecule has 0 aliphatic carbocycles. The Morgan fingerprint density at radius 2 is 0.855 bits per heavy atom. The van der Waals surface area contributed by atoms with E-state index in [-0.39, 0.29) is 16.6 Å². The van der Waals surface area contributed by atoms with Gasteiger partial charge in [-0.25, -0.2) is 0 Å². The molecule has 7 aromatic rings. The lowest BCUT2D eigenvalue weighted by Crippen LogP contribution is -2.41. The first-order valence-corrected chi connectivity index (χ1v) is 24.1. The molecule has 0 spiro atoms. The van der Waals surface area contributed by atoms with Crippen molar-refractivity contribution in [2.45, 2.75) is 84.3 Å². The second-order valence-corrected chi connectivity index (χ2v) is 23.4. The highest BCUT2D eigenvalue weighted by molar-refractivity contribution is 6.74. The molecule has 3 nitrogen and oxygen atoms in total. The maximum Gasteiger partial charge on any atom is 0.416 e. The summed E-state index contributed by atoms with van der Waals surface area (Å²) >= 11 is 0. The van der Waals surface area contributed by atoms with Gasteiger partial charge < -0.3 is 9.16 Å². The van der Waals surface area contributed by atoms with Gasteiger partial charge in [0.2, 0.25) is 0 Å². The molecule has 1 atom stereocenters. The van der Waals surface area contributed by atoms with Crippen molar-refractivity contribution >= 4 is 8.32 Å². The Hall–Kier alpha value is -5.76. The molecular formula is C55H56F3NO2Si. The van der Waals surface area contributed by atoms with Crippen molar-refractivity contribution < 1.29 is 22.3 Å². The minimum Gasteiger partial charge on any atom is -0.497 e. The smallest absolute Gasteiger partial charge is 0.416 e. The van der Waals surface area contributed by atoms with Gasteiger partial charge in [-0.15, -0.1) is 0 Å². The fourth-order valence-corrected chi connectivity index (χ4v) is 9.31. The van der Waals surface area contributed by atoms with Crippen LogP contribution >= 0.6 is 0 Å². The number of rotatable bonds is 10. The van der Waals surface area contributed by atoms with Gasteiger partial charge in [-0.2, -0.15) is 13.2 Å². The number of nitrogens with zero attached hydrogens (tertiary/aromatic N) is 1.